The lowest BCUT2D eigenvalue weighted by atomic mass is 10.2. The van der Waals surface area contributed by atoms with Crippen LogP contribution in [0.25, 0.3) is 10.6 Å². The number of nitrogens with zero attached hydrogens (tertiary/aromatic N) is 2. The zero-order valence-electron chi connectivity index (χ0n) is 10.8. The first kappa shape index (κ1) is 14.7. The molecular weight excluding hydrogens is 301 g/mol. The maximum atomic E-state index is 6.01. The third kappa shape index (κ3) is 3.66. The van der Waals surface area contributed by atoms with E-state index in [2.05, 4.69) is 29.4 Å². The van der Waals surface area contributed by atoms with Gasteiger partial charge in [0.15, 0.2) is 0 Å². The Kier molecular flexibility index (Phi) is 5.16. The molecule has 6 heteroatoms. The molecule has 0 radical (unpaired) electrons. The summed E-state index contributed by atoms with van der Waals surface area (Å²) < 4.78 is 0. The van der Waals surface area contributed by atoms with Crippen molar-refractivity contribution in [3.05, 3.63) is 33.3 Å². The molecule has 1 N–H and O–H groups in total. The minimum Gasteiger partial charge on any atom is -0.308 e. The molecule has 0 spiro atoms. The lowest BCUT2D eigenvalue weighted by Crippen LogP contribution is -2.18. The highest BCUT2D eigenvalue weighted by Crippen LogP contribution is 2.31. The number of aromatic nitrogens is 2. The quantitative estimate of drug-likeness (QED) is 0.878. The molecule has 1 unspecified atom stereocenters. The third-order valence-corrected chi connectivity index (χ3v) is 4.57. The van der Waals surface area contributed by atoms with E-state index in [1.165, 1.54) is 0 Å². The number of rotatable bonds is 5. The molecule has 2 rings (SSSR count). The highest BCUT2D eigenvalue weighted by atomic mass is 35.5. The van der Waals surface area contributed by atoms with Crippen LogP contribution in [0.3, 0.4) is 0 Å². The van der Waals surface area contributed by atoms with E-state index in [0.29, 0.717) is 10.0 Å². The van der Waals surface area contributed by atoms with Crippen molar-refractivity contribution in [2.24, 2.45) is 0 Å². The minimum absolute atomic E-state index is 0.217. The van der Waals surface area contributed by atoms with Crippen molar-refractivity contribution in [1.82, 2.24) is 15.5 Å². The molecule has 0 aliphatic carbocycles. The van der Waals surface area contributed by atoms with Gasteiger partial charge in [-0.15, -0.1) is 10.2 Å². The van der Waals surface area contributed by atoms with E-state index in [4.69, 9.17) is 23.2 Å². The van der Waals surface area contributed by atoms with Crippen LogP contribution in [0.5, 0.6) is 0 Å². The fraction of sp³-hybridized carbons (Fsp3) is 0.385. The normalized spacial score (nSPS) is 12.6. The first-order chi connectivity index (χ1) is 9.11. The van der Waals surface area contributed by atoms with Crippen molar-refractivity contribution in [1.29, 1.82) is 0 Å². The van der Waals surface area contributed by atoms with Gasteiger partial charge >= 0.3 is 0 Å². The second-order valence-corrected chi connectivity index (χ2v) is 6.07. The van der Waals surface area contributed by atoms with Crippen LogP contribution in [0.2, 0.25) is 10.0 Å². The average Bonchev–Trinajstić information content (AvgIpc) is 2.89. The van der Waals surface area contributed by atoms with E-state index >= 15 is 0 Å². The topological polar surface area (TPSA) is 37.8 Å². The summed E-state index contributed by atoms with van der Waals surface area (Å²) in [5.74, 6) is 0. The number of halogens is 2. The molecule has 1 aromatic heterocycles. The van der Waals surface area contributed by atoms with Gasteiger partial charge in [0.1, 0.15) is 10.0 Å². The number of benzene rings is 1. The SMILES string of the molecule is CCCNC(C)c1nnc(-c2ccc(Cl)c(Cl)c2)s1. The van der Waals surface area contributed by atoms with Crippen LogP contribution in [0.1, 0.15) is 31.3 Å². The van der Waals surface area contributed by atoms with Gasteiger partial charge in [0.25, 0.3) is 0 Å². The van der Waals surface area contributed by atoms with E-state index in [0.717, 1.165) is 28.5 Å². The Labute approximate surface area is 127 Å². The Balaban J connectivity index is 2.18. The van der Waals surface area contributed by atoms with Gasteiger partial charge < -0.3 is 5.32 Å². The maximum absolute atomic E-state index is 6.01. The Bertz CT molecular complexity index is 557. The fourth-order valence-electron chi connectivity index (χ4n) is 1.60. The molecule has 0 bridgehead atoms. The van der Waals surface area contributed by atoms with Gasteiger partial charge in [0, 0.05) is 5.56 Å². The van der Waals surface area contributed by atoms with Gasteiger partial charge in [-0.3, -0.25) is 0 Å². The van der Waals surface area contributed by atoms with E-state index < -0.39 is 0 Å². The number of hydrogen-bond acceptors (Lipinski definition) is 4. The van der Waals surface area contributed by atoms with Crippen LogP contribution < -0.4 is 5.32 Å². The van der Waals surface area contributed by atoms with E-state index in [9.17, 15) is 0 Å². The van der Waals surface area contributed by atoms with Crippen molar-refractivity contribution in [2.75, 3.05) is 6.54 Å². The fourth-order valence-corrected chi connectivity index (χ4v) is 2.77. The summed E-state index contributed by atoms with van der Waals surface area (Å²) in [6, 6.07) is 5.72. The standard InChI is InChI=1S/C13H15Cl2N3S/c1-3-6-16-8(2)12-17-18-13(19-12)9-4-5-10(14)11(15)7-9/h4-5,7-8,16H,3,6H2,1-2H3. The van der Waals surface area contributed by atoms with Crippen molar-refractivity contribution in [2.45, 2.75) is 26.3 Å². The first-order valence-corrected chi connectivity index (χ1v) is 7.71. The molecule has 1 heterocycles. The number of hydrogen-bond donors (Lipinski definition) is 1. The molecule has 0 saturated heterocycles. The summed E-state index contributed by atoms with van der Waals surface area (Å²) in [6.45, 7) is 5.21. The summed E-state index contributed by atoms with van der Waals surface area (Å²) in [5, 5.41) is 14.8. The highest BCUT2D eigenvalue weighted by Gasteiger charge is 2.13. The Morgan fingerprint density at radius 1 is 1.26 bits per heavy atom. The van der Waals surface area contributed by atoms with E-state index in [1.807, 2.05) is 12.1 Å². The van der Waals surface area contributed by atoms with Gasteiger partial charge in [-0.1, -0.05) is 47.5 Å². The first-order valence-electron chi connectivity index (χ1n) is 6.14. The zero-order valence-corrected chi connectivity index (χ0v) is 13.1. The van der Waals surface area contributed by atoms with Crippen LogP contribution in [0, 0.1) is 0 Å². The molecule has 0 amide bonds. The predicted molar refractivity (Wildman–Crippen MR) is 82.1 cm³/mol. The van der Waals surface area contributed by atoms with Gasteiger partial charge in [0.05, 0.1) is 16.1 Å². The van der Waals surface area contributed by atoms with Crippen molar-refractivity contribution >= 4 is 34.5 Å². The molecule has 19 heavy (non-hydrogen) atoms. The summed E-state index contributed by atoms with van der Waals surface area (Å²) in [7, 11) is 0. The van der Waals surface area contributed by atoms with Crippen LogP contribution in [-0.2, 0) is 0 Å². The molecule has 2 aromatic rings. The van der Waals surface area contributed by atoms with E-state index in [-0.39, 0.29) is 6.04 Å². The second kappa shape index (κ2) is 6.66. The largest absolute Gasteiger partial charge is 0.308 e. The molecule has 1 atom stereocenters. The molecule has 0 fully saturated rings. The molecule has 3 nitrogen and oxygen atoms in total. The van der Waals surface area contributed by atoms with Crippen LogP contribution >= 0.6 is 34.5 Å². The average molecular weight is 316 g/mol. The van der Waals surface area contributed by atoms with Gasteiger partial charge in [0.2, 0.25) is 0 Å². The third-order valence-electron chi connectivity index (χ3n) is 2.68. The molecule has 0 saturated carbocycles. The molecular formula is C13H15Cl2N3S. The monoisotopic (exact) mass is 315 g/mol. The van der Waals surface area contributed by atoms with Crippen LogP contribution in [0.15, 0.2) is 18.2 Å². The summed E-state index contributed by atoms with van der Waals surface area (Å²) in [4.78, 5) is 0. The van der Waals surface area contributed by atoms with E-state index in [1.54, 1.807) is 17.4 Å². The lowest BCUT2D eigenvalue weighted by Gasteiger charge is -2.08. The highest BCUT2D eigenvalue weighted by molar-refractivity contribution is 7.14. The Morgan fingerprint density at radius 3 is 2.74 bits per heavy atom. The smallest absolute Gasteiger partial charge is 0.147 e. The van der Waals surface area contributed by atoms with Crippen molar-refractivity contribution in [3.63, 3.8) is 0 Å². The Hall–Kier alpha value is -0.680. The predicted octanol–water partition coefficient (Wildman–Crippen LogP) is 4.57. The lowest BCUT2D eigenvalue weighted by molar-refractivity contribution is 0.564. The molecule has 0 aliphatic rings. The van der Waals surface area contributed by atoms with Crippen LogP contribution in [0.4, 0.5) is 0 Å². The van der Waals surface area contributed by atoms with Gasteiger partial charge in [-0.05, 0) is 32.0 Å². The molecule has 0 aliphatic heterocycles. The molecule has 1 aromatic carbocycles. The summed E-state index contributed by atoms with van der Waals surface area (Å²) in [5.41, 5.74) is 0.945. The maximum Gasteiger partial charge on any atom is 0.147 e. The summed E-state index contributed by atoms with van der Waals surface area (Å²) in [6.07, 6.45) is 1.10. The Morgan fingerprint density at radius 2 is 2.05 bits per heavy atom. The zero-order chi connectivity index (χ0) is 13.8. The van der Waals surface area contributed by atoms with Gasteiger partial charge in [-0.25, -0.2) is 0 Å². The number of nitrogens with one attached hydrogen (secondary N) is 1. The van der Waals surface area contributed by atoms with Gasteiger partial charge in [-0.2, -0.15) is 0 Å². The van der Waals surface area contributed by atoms with Crippen molar-refractivity contribution < 1.29 is 0 Å². The summed E-state index contributed by atoms with van der Waals surface area (Å²) >= 11 is 13.5. The minimum atomic E-state index is 0.217. The molecule has 102 valence electrons. The van der Waals surface area contributed by atoms with Crippen LogP contribution in [-0.4, -0.2) is 16.7 Å². The van der Waals surface area contributed by atoms with Crippen molar-refractivity contribution in [3.8, 4) is 10.6 Å². The second-order valence-electron chi connectivity index (χ2n) is 4.25.